The molecular weight excluding hydrogens is 359 g/mol. The molecule has 5 nitrogen and oxygen atoms in total. The van der Waals surface area contributed by atoms with Gasteiger partial charge in [0.2, 0.25) is 5.91 Å². The second-order valence-electron chi connectivity index (χ2n) is 5.91. The van der Waals surface area contributed by atoms with Crippen molar-refractivity contribution < 1.29 is 22.8 Å². The Bertz CT molecular complexity index is 835. The van der Waals surface area contributed by atoms with E-state index in [1.165, 1.54) is 13.0 Å². The molecule has 2 rings (SSSR count). The highest BCUT2D eigenvalue weighted by Gasteiger charge is 2.32. The van der Waals surface area contributed by atoms with Gasteiger partial charge in [0.05, 0.1) is 5.56 Å². The lowest BCUT2D eigenvalue weighted by atomic mass is 10.1. The normalized spacial score (nSPS) is 11.1. The van der Waals surface area contributed by atoms with Crippen molar-refractivity contribution in [1.29, 1.82) is 0 Å². The zero-order valence-corrected chi connectivity index (χ0v) is 14.9. The zero-order chi connectivity index (χ0) is 20.0. The molecule has 0 bridgehead atoms. The highest BCUT2D eigenvalue weighted by Crippen LogP contribution is 2.32. The second-order valence-corrected chi connectivity index (χ2v) is 5.91. The molecule has 0 heterocycles. The van der Waals surface area contributed by atoms with Crippen molar-refractivity contribution in [2.75, 3.05) is 17.2 Å². The Morgan fingerprint density at radius 3 is 2.37 bits per heavy atom. The largest absolute Gasteiger partial charge is 0.416 e. The van der Waals surface area contributed by atoms with E-state index in [4.69, 9.17) is 0 Å². The maximum Gasteiger partial charge on any atom is 0.416 e. The molecule has 2 amide bonds. The van der Waals surface area contributed by atoms with Crippen molar-refractivity contribution in [2.24, 2.45) is 0 Å². The first-order chi connectivity index (χ1) is 12.7. The molecule has 0 spiro atoms. The van der Waals surface area contributed by atoms with Gasteiger partial charge in [-0.15, -0.1) is 0 Å². The molecule has 8 heteroatoms. The minimum atomic E-state index is -4.64. The first-order valence-corrected chi connectivity index (χ1v) is 8.30. The summed E-state index contributed by atoms with van der Waals surface area (Å²) in [4.78, 5) is 23.6. The number of alkyl halides is 3. The third-order valence-corrected chi connectivity index (χ3v) is 3.61. The molecule has 144 valence electrons. The molecule has 2 aromatic rings. The zero-order valence-electron chi connectivity index (χ0n) is 14.9. The predicted octanol–water partition coefficient (Wildman–Crippen LogP) is 4.03. The Morgan fingerprint density at radius 2 is 1.74 bits per heavy atom. The molecule has 0 atom stereocenters. The van der Waals surface area contributed by atoms with E-state index < -0.39 is 23.6 Å². The number of amides is 2. The Balaban J connectivity index is 2.28. The minimum Gasteiger partial charge on any atom is -0.326 e. The van der Waals surface area contributed by atoms with Crippen LogP contribution in [0, 0.1) is 0 Å². The first-order valence-electron chi connectivity index (χ1n) is 8.30. The smallest absolute Gasteiger partial charge is 0.326 e. The molecule has 0 saturated carbocycles. The number of anilines is 2. The number of nitrogens with one attached hydrogen (secondary N) is 3. The summed E-state index contributed by atoms with van der Waals surface area (Å²) in [7, 11) is 0. The van der Waals surface area contributed by atoms with Gasteiger partial charge in [-0.3, -0.25) is 9.59 Å². The number of halogens is 3. The first kappa shape index (κ1) is 20.4. The van der Waals surface area contributed by atoms with Crippen LogP contribution in [0.2, 0.25) is 0 Å². The van der Waals surface area contributed by atoms with Gasteiger partial charge in [-0.2, -0.15) is 13.2 Å². The van der Waals surface area contributed by atoms with Crippen LogP contribution in [0.5, 0.6) is 0 Å². The second kappa shape index (κ2) is 8.68. The van der Waals surface area contributed by atoms with E-state index in [0.717, 1.165) is 24.2 Å². The summed E-state index contributed by atoms with van der Waals surface area (Å²) in [6.45, 7) is 4.53. The van der Waals surface area contributed by atoms with Crippen LogP contribution in [0.15, 0.2) is 42.5 Å². The number of carbonyl (C=O) groups is 2. The summed E-state index contributed by atoms with van der Waals surface area (Å²) in [6, 6.07) is 9.75. The summed E-state index contributed by atoms with van der Waals surface area (Å²) >= 11 is 0. The third kappa shape index (κ3) is 6.10. The van der Waals surface area contributed by atoms with Crippen LogP contribution in [-0.2, 0) is 17.5 Å². The molecule has 2 aromatic carbocycles. The maximum absolute atomic E-state index is 13.1. The molecule has 3 N–H and O–H groups in total. The Morgan fingerprint density at radius 1 is 1.00 bits per heavy atom. The van der Waals surface area contributed by atoms with E-state index in [1.807, 2.05) is 13.0 Å². The lowest BCUT2D eigenvalue weighted by Crippen LogP contribution is -2.16. The van der Waals surface area contributed by atoms with Gasteiger partial charge in [-0.1, -0.05) is 19.1 Å². The van der Waals surface area contributed by atoms with Crippen LogP contribution in [-0.4, -0.2) is 18.4 Å². The van der Waals surface area contributed by atoms with Gasteiger partial charge in [0.15, 0.2) is 0 Å². The molecule has 0 aliphatic heterocycles. The third-order valence-electron chi connectivity index (χ3n) is 3.61. The average Bonchev–Trinajstić information content (AvgIpc) is 2.58. The van der Waals surface area contributed by atoms with Crippen molar-refractivity contribution in [3.05, 3.63) is 59.2 Å². The summed E-state index contributed by atoms with van der Waals surface area (Å²) in [5.41, 5.74) is 0.0837. The summed E-state index contributed by atoms with van der Waals surface area (Å²) in [6.07, 6.45) is -4.64. The molecular formula is C19H20F3N3O2. The highest BCUT2D eigenvalue weighted by atomic mass is 19.4. The maximum atomic E-state index is 13.1. The lowest BCUT2D eigenvalue weighted by molar-refractivity contribution is -0.137. The van der Waals surface area contributed by atoms with E-state index in [-0.39, 0.29) is 11.3 Å². The molecule has 0 radical (unpaired) electrons. The predicted molar refractivity (Wildman–Crippen MR) is 97.5 cm³/mol. The number of benzene rings is 2. The fourth-order valence-electron chi connectivity index (χ4n) is 2.43. The molecule has 0 saturated heterocycles. The van der Waals surface area contributed by atoms with E-state index in [2.05, 4.69) is 16.0 Å². The Labute approximate surface area is 155 Å². The fraction of sp³-hybridized carbons (Fsp3) is 0.263. The van der Waals surface area contributed by atoms with Gasteiger partial charge in [0.25, 0.3) is 5.91 Å². The molecule has 0 aliphatic rings. The summed E-state index contributed by atoms with van der Waals surface area (Å²) < 4.78 is 39.3. The lowest BCUT2D eigenvalue weighted by Gasteiger charge is -2.13. The van der Waals surface area contributed by atoms with Gasteiger partial charge in [0.1, 0.15) is 0 Å². The minimum absolute atomic E-state index is 0.0941. The average molecular weight is 379 g/mol. The van der Waals surface area contributed by atoms with Crippen molar-refractivity contribution in [3.8, 4) is 0 Å². The number of hydrogen-bond acceptors (Lipinski definition) is 3. The number of carbonyl (C=O) groups excluding carboxylic acids is 2. The van der Waals surface area contributed by atoms with Crippen LogP contribution in [0.1, 0.15) is 35.3 Å². The van der Waals surface area contributed by atoms with Crippen LogP contribution in [0.4, 0.5) is 24.5 Å². The molecule has 0 unspecified atom stereocenters. The molecule has 0 fully saturated rings. The van der Waals surface area contributed by atoms with Gasteiger partial charge in [-0.05, 0) is 42.4 Å². The monoisotopic (exact) mass is 379 g/mol. The number of rotatable bonds is 6. The van der Waals surface area contributed by atoms with Gasteiger partial charge in [-0.25, -0.2) is 0 Å². The Hall–Kier alpha value is -2.87. The highest BCUT2D eigenvalue weighted by molar-refractivity contribution is 6.05. The number of hydrogen-bond donors (Lipinski definition) is 3. The fourth-order valence-corrected chi connectivity index (χ4v) is 2.43. The van der Waals surface area contributed by atoms with E-state index in [1.54, 1.807) is 18.2 Å². The van der Waals surface area contributed by atoms with E-state index >= 15 is 0 Å². The molecule has 0 aliphatic carbocycles. The van der Waals surface area contributed by atoms with Crippen molar-refractivity contribution in [1.82, 2.24) is 5.32 Å². The SMILES string of the molecule is CCNCc1cccc(NC(=O)c2cc(NC(C)=O)cc(C(F)(F)F)c2)c1. The summed E-state index contributed by atoms with van der Waals surface area (Å²) in [5.74, 6) is -1.23. The van der Waals surface area contributed by atoms with Gasteiger partial charge in [0, 0.05) is 30.4 Å². The quantitative estimate of drug-likeness (QED) is 0.710. The standard InChI is InChI=1S/C19H20F3N3O2/c1-3-23-11-13-5-4-6-16(7-13)25-18(27)14-8-15(19(20,21)22)10-17(9-14)24-12(2)26/h4-10,23H,3,11H2,1-2H3,(H,24,26)(H,25,27). The van der Waals surface area contributed by atoms with Crippen molar-refractivity contribution >= 4 is 23.2 Å². The van der Waals surface area contributed by atoms with Crippen molar-refractivity contribution in [3.63, 3.8) is 0 Å². The van der Waals surface area contributed by atoms with E-state index in [0.29, 0.717) is 12.2 Å². The molecule has 0 aromatic heterocycles. The van der Waals surface area contributed by atoms with Crippen LogP contribution >= 0.6 is 0 Å². The van der Waals surface area contributed by atoms with Gasteiger partial charge < -0.3 is 16.0 Å². The van der Waals surface area contributed by atoms with Gasteiger partial charge >= 0.3 is 6.18 Å². The molecule has 27 heavy (non-hydrogen) atoms. The van der Waals surface area contributed by atoms with Crippen LogP contribution < -0.4 is 16.0 Å². The summed E-state index contributed by atoms with van der Waals surface area (Å²) in [5, 5.41) is 8.02. The van der Waals surface area contributed by atoms with Crippen LogP contribution in [0.3, 0.4) is 0 Å². The topological polar surface area (TPSA) is 70.2 Å². The Kier molecular flexibility index (Phi) is 6.57. The van der Waals surface area contributed by atoms with E-state index in [9.17, 15) is 22.8 Å². The van der Waals surface area contributed by atoms with Crippen molar-refractivity contribution in [2.45, 2.75) is 26.6 Å². The van der Waals surface area contributed by atoms with Crippen LogP contribution in [0.25, 0.3) is 0 Å².